The number of pyridine rings is 1. The molecule has 4 rings (SSSR count). The minimum Gasteiger partial charge on any atom is -0.378 e. The molecule has 0 amide bonds. The van der Waals surface area contributed by atoms with Crippen molar-refractivity contribution in [3.63, 3.8) is 0 Å². The van der Waals surface area contributed by atoms with Crippen LogP contribution in [-0.2, 0) is 0 Å². The van der Waals surface area contributed by atoms with Gasteiger partial charge >= 0.3 is 5.69 Å². The first kappa shape index (κ1) is 22.0. The maximum absolute atomic E-state index is 10.8. The van der Waals surface area contributed by atoms with E-state index in [0.717, 1.165) is 22.4 Å². The second-order valence-corrected chi connectivity index (χ2v) is 7.50. The first-order valence-corrected chi connectivity index (χ1v) is 10.3. The van der Waals surface area contributed by atoms with Gasteiger partial charge in [0.05, 0.1) is 16.2 Å². The minimum absolute atomic E-state index is 0.141. The van der Waals surface area contributed by atoms with Gasteiger partial charge in [0.15, 0.2) is 0 Å². The number of aromatic nitrogens is 5. The number of anilines is 3. The van der Waals surface area contributed by atoms with Crippen LogP contribution in [0.5, 0.6) is 0 Å². The first-order valence-electron chi connectivity index (χ1n) is 9.94. The monoisotopic (exact) mass is 465 g/mol. The van der Waals surface area contributed by atoms with E-state index in [2.05, 4.69) is 30.6 Å². The van der Waals surface area contributed by atoms with Crippen LogP contribution in [0.4, 0.5) is 23.3 Å². The maximum Gasteiger partial charge on any atom is 0.311 e. The van der Waals surface area contributed by atoms with Crippen LogP contribution in [0.15, 0.2) is 48.9 Å². The van der Waals surface area contributed by atoms with E-state index in [1.54, 1.807) is 18.6 Å². The molecule has 0 radical (unpaired) electrons. The van der Waals surface area contributed by atoms with Gasteiger partial charge < -0.3 is 21.4 Å². The number of benzene rings is 1. The highest BCUT2D eigenvalue weighted by Gasteiger charge is 2.16. The quantitative estimate of drug-likeness (QED) is 0.172. The fourth-order valence-corrected chi connectivity index (χ4v) is 3.46. The smallest absolute Gasteiger partial charge is 0.311 e. The SMILES string of the molecule is Cc1cc(Cl)ccc1-c1nc(NCCNc2ccc([N+](=O)[O-])c(N)n2)ncc1-c1ncc[nH]1. The third-order valence-electron chi connectivity index (χ3n) is 4.80. The highest BCUT2D eigenvalue weighted by atomic mass is 35.5. The van der Waals surface area contributed by atoms with Crippen molar-refractivity contribution in [1.29, 1.82) is 0 Å². The van der Waals surface area contributed by atoms with Gasteiger partial charge in [-0.05, 0) is 30.7 Å². The van der Waals surface area contributed by atoms with E-state index >= 15 is 0 Å². The molecule has 3 aromatic heterocycles. The number of nitro groups is 1. The molecule has 0 saturated carbocycles. The van der Waals surface area contributed by atoms with Crippen LogP contribution in [0.2, 0.25) is 5.02 Å². The van der Waals surface area contributed by atoms with Gasteiger partial charge in [0.1, 0.15) is 11.6 Å². The molecule has 3 heterocycles. The Morgan fingerprint density at radius 1 is 1.12 bits per heavy atom. The molecule has 168 valence electrons. The number of nitrogens with two attached hydrogens (primary N) is 1. The molecule has 0 saturated heterocycles. The van der Waals surface area contributed by atoms with Gasteiger partial charge in [0.2, 0.25) is 11.8 Å². The number of hydrogen-bond donors (Lipinski definition) is 4. The molecule has 4 aromatic rings. The molecule has 0 aliphatic heterocycles. The number of nitrogen functional groups attached to an aromatic ring is 1. The van der Waals surface area contributed by atoms with Crippen molar-refractivity contribution < 1.29 is 4.92 Å². The van der Waals surface area contributed by atoms with Gasteiger partial charge in [-0.15, -0.1) is 0 Å². The number of H-pyrrole nitrogens is 1. The predicted molar refractivity (Wildman–Crippen MR) is 127 cm³/mol. The lowest BCUT2D eigenvalue weighted by molar-refractivity contribution is -0.384. The van der Waals surface area contributed by atoms with Crippen LogP contribution >= 0.6 is 11.6 Å². The van der Waals surface area contributed by atoms with Gasteiger partial charge in [-0.2, -0.15) is 0 Å². The molecular weight excluding hydrogens is 446 g/mol. The van der Waals surface area contributed by atoms with Crippen LogP contribution < -0.4 is 16.4 Å². The Hall–Kier alpha value is -4.25. The second kappa shape index (κ2) is 9.49. The average molecular weight is 466 g/mol. The van der Waals surface area contributed by atoms with Crippen molar-refractivity contribution in [3.05, 3.63) is 69.6 Å². The zero-order valence-corrected chi connectivity index (χ0v) is 18.3. The fourth-order valence-electron chi connectivity index (χ4n) is 3.24. The summed E-state index contributed by atoms with van der Waals surface area (Å²) in [5.74, 6) is 1.39. The summed E-state index contributed by atoms with van der Waals surface area (Å²) in [5.41, 5.74) is 8.77. The van der Waals surface area contributed by atoms with E-state index < -0.39 is 4.92 Å². The van der Waals surface area contributed by atoms with Gasteiger partial charge in [0.25, 0.3) is 0 Å². The molecule has 0 spiro atoms. The van der Waals surface area contributed by atoms with Gasteiger partial charge in [-0.3, -0.25) is 10.1 Å². The number of aromatic amines is 1. The van der Waals surface area contributed by atoms with E-state index in [0.29, 0.717) is 35.7 Å². The molecule has 12 heteroatoms. The highest BCUT2D eigenvalue weighted by Crippen LogP contribution is 2.32. The number of imidazole rings is 1. The van der Waals surface area contributed by atoms with E-state index in [4.69, 9.17) is 22.3 Å². The Morgan fingerprint density at radius 3 is 2.64 bits per heavy atom. The summed E-state index contributed by atoms with van der Waals surface area (Å²) < 4.78 is 0. The van der Waals surface area contributed by atoms with Crippen LogP contribution in [0, 0.1) is 17.0 Å². The molecular formula is C21H20ClN9O2. The zero-order chi connectivity index (χ0) is 23.4. The molecule has 0 fully saturated rings. The zero-order valence-electron chi connectivity index (χ0n) is 17.5. The predicted octanol–water partition coefficient (Wildman–Crippen LogP) is 3.90. The number of rotatable bonds is 8. The molecule has 0 atom stereocenters. The maximum atomic E-state index is 10.8. The van der Waals surface area contributed by atoms with Crippen molar-refractivity contribution >= 4 is 34.9 Å². The van der Waals surface area contributed by atoms with Gasteiger partial charge in [-0.1, -0.05) is 17.7 Å². The van der Waals surface area contributed by atoms with Crippen LogP contribution in [0.3, 0.4) is 0 Å². The number of halogens is 1. The molecule has 1 aromatic carbocycles. The first-order chi connectivity index (χ1) is 15.9. The molecule has 0 aliphatic carbocycles. The summed E-state index contributed by atoms with van der Waals surface area (Å²) >= 11 is 6.13. The third-order valence-corrected chi connectivity index (χ3v) is 5.03. The summed E-state index contributed by atoms with van der Waals surface area (Å²) in [6.45, 7) is 2.90. The van der Waals surface area contributed by atoms with Crippen LogP contribution in [0.25, 0.3) is 22.6 Å². The van der Waals surface area contributed by atoms with Crippen LogP contribution in [0.1, 0.15) is 5.56 Å². The Morgan fingerprint density at radius 2 is 1.94 bits per heavy atom. The summed E-state index contributed by atoms with van der Waals surface area (Å²) in [7, 11) is 0. The summed E-state index contributed by atoms with van der Waals surface area (Å²) in [5, 5.41) is 17.7. The molecule has 0 unspecified atom stereocenters. The van der Waals surface area contributed by atoms with Gasteiger partial charge in [-0.25, -0.2) is 19.9 Å². The Bertz CT molecular complexity index is 1300. The van der Waals surface area contributed by atoms with Gasteiger partial charge in [0, 0.05) is 48.3 Å². The standard InChI is InChI=1S/C21H20ClN9O2/c1-12-10-13(22)2-3-14(12)18-15(20-25-7-8-26-20)11-28-21(30-18)27-9-6-24-17-5-4-16(31(32)33)19(23)29-17/h2-5,7-8,10-11H,6,9H2,1H3,(H,25,26)(H3,23,24,29)(H,27,28,30). The van der Waals surface area contributed by atoms with Crippen molar-refractivity contribution in [2.75, 3.05) is 29.5 Å². The Balaban J connectivity index is 1.49. The number of aryl methyl sites for hydroxylation is 1. The van der Waals surface area contributed by atoms with Crippen LogP contribution in [-0.4, -0.2) is 42.9 Å². The topological polar surface area (TPSA) is 161 Å². The number of hydrogen-bond acceptors (Lipinski definition) is 9. The summed E-state index contributed by atoms with van der Waals surface area (Å²) in [6.07, 6.45) is 5.12. The van der Waals surface area contributed by atoms with Crippen molar-refractivity contribution in [2.45, 2.75) is 6.92 Å². The normalized spacial score (nSPS) is 10.7. The van der Waals surface area contributed by atoms with Crippen molar-refractivity contribution in [1.82, 2.24) is 24.9 Å². The Kier molecular flexibility index (Phi) is 6.31. The lowest BCUT2D eigenvalue weighted by atomic mass is 10.0. The van der Waals surface area contributed by atoms with E-state index in [1.807, 2.05) is 25.1 Å². The fraction of sp³-hybridized carbons (Fsp3) is 0.143. The molecule has 0 bridgehead atoms. The summed E-state index contributed by atoms with van der Waals surface area (Å²) in [4.78, 5) is 30.8. The molecule has 11 nitrogen and oxygen atoms in total. The van der Waals surface area contributed by atoms with E-state index in [1.165, 1.54) is 12.1 Å². The third kappa shape index (κ3) is 4.99. The molecule has 0 aliphatic rings. The second-order valence-electron chi connectivity index (χ2n) is 7.06. The molecule has 5 N–H and O–H groups in total. The largest absolute Gasteiger partial charge is 0.378 e. The lowest BCUT2D eigenvalue weighted by Gasteiger charge is -2.13. The average Bonchev–Trinajstić information content (AvgIpc) is 3.31. The summed E-state index contributed by atoms with van der Waals surface area (Å²) in [6, 6.07) is 8.44. The number of nitrogens with one attached hydrogen (secondary N) is 3. The lowest BCUT2D eigenvalue weighted by Crippen LogP contribution is -2.16. The Labute approximate surface area is 193 Å². The van der Waals surface area contributed by atoms with E-state index in [9.17, 15) is 10.1 Å². The molecule has 33 heavy (non-hydrogen) atoms. The highest BCUT2D eigenvalue weighted by molar-refractivity contribution is 6.30. The van der Waals surface area contributed by atoms with E-state index in [-0.39, 0.29) is 11.5 Å². The van der Waals surface area contributed by atoms with Crippen molar-refractivity contribution in [3.8, 4) is 22.6 Å². The minimum atomic E-state index is -0.572. The van der Waals surface area contributed by atoms with Crippen molar-refractivity contribution in [2.24, 2.45) is 0 Å². The number of nitrogens with zero attached hydrogens (tertiary/aromatic N) is 5.